The van der Waals surface area contributed by atoms with Crippen LogP contribution < -0.4 is 10.6 Å². The smallest absolute Gasteiger partial charge is 0.255 e. The summed E-state index contributed by atoms with van der Waals surface area (Å²) in [6.07, 6.45) is 0. The zero-order valence-corrected chi connectivity index (χ0v) is 23.9. The maximum Gasteiger partial charge on any atom is 0.255 e. The largest absolute Gasteiger partial charge is 0.322 e. The number of aryl methyl sites for hydroxylation is 6. The molecule has 4 aromatic carbocycles. The molecule has 0 saturated carbocycles. The van der Waals surface area contributed by atoms with E-state index in [-0.39, 0.29) is 11.8 Å². The van der Waals surface area contributed by atoms with Gasteiger partial charge in [0.1, 0.15) is 0 Å². The van der Waals surface area contributed by atoms with Gasteiger partial charge < -0.3 is 10.6 Å². The van der Waals surface area contributed by atoms with Crippen LogP contribution in [0.3, 0.4) is 0 Å². The fraction of sp³-hybridized carbons (Fsp3) is 0.188. The molecule has 0 unspecified atom stereocenters. The molecule has 2 amide bonds. The lowest BCUT2D eigenvalue weighted by Crippen LogP contribution is -2.14. The van der Waals surface area contributed by atoms with Crippen molar-refractivity contribution in [3.63, 3.8) is 0 Å². The van der Waals surface area contributed by atoms with E-state index in [0.717, 1.165) is 55.9 Å². The second kappa shape index (κ2) is 11.0. The topological polar surface area (TPSA) is 58.2 Å². The van der Waals surface area contributed by atoms with Crippen molar-refractivity contribution < 1.29 is 9.59 Å². The average molecular weight is 546 g/mol. The summed E-state index contributed by atoms with van der Waals surface area (Å²) < 4.78 is 0. The van der Waals surface area contributed by atoms with Gasteiger partial charge in [-0.1, -0.05) is 23.2 Å². The third-order valence-electron chi connectivity index (χ3n) is 6.77. The molecule has 0 spiro atoms. The maximum atomic E-state index is 12.9. The number of anilines is 2. The number of nitrogens with one attached hydrogen (secondary N) is 2. The van der Waals surface area contributed by atoms with E-state index in [1.54, 1.807) is 36.4 Å². The van der Waals surface area contributed by atoms with Gasteiger partial charge in [-0.3, -0.25) is 9.59 Å². The lowest BCUT2D eigenvalue weighted by atomic mass is 9.92. The minimum Gasteiger partial charge on any atom is -0.322 e. The van der Waals surface area contributed by atoms with E-state index in [9.17, 15) is 9.59 Å². The molecule has 0 aliphatic rings. The number of rotatable bonds is 5. The first-order valence-corrected chi connectivity index (χ1v) is 13.1. The Labute approximate surface area is 234 Å². The Kier molecular flexibility index (Phi) is 7.96. The predicted octanol–water partition coefficient (Wildman–Crippen LogP) is 9.02. The molecule has 2 N–H and O–H groups in total. The number of benzene rings is 4. The van der Waals surface area contributed by atoms with Crippen LogP contribution in [0.1, 0.15) is 54.1 Å². The van der Waals surface area contributed by atoms with E-state index in [4.69, 9.17) is 23.2 Å². The van der Waals surface area contributed by atoms with Crippen molar-refractivity contribution in [2.75, 3.05) is 10.6 Å². The highest BCUT2D eigenvalue weighted by molar-refractivity contribution is 6.31. The summed E-state index contributed by atoms with van der Waals surface area (Å²) in [4.78, 5) is 25.7. The van der Waals surface area contributed by atoms with Gasteiger partial charge in [0.15, 0.2) is 0 Å². The molecule has 194 valence electrons. The maximum absolute atomic E-state index is 12.9. The van der Waals surface area contributed by atoms with Crippen LogP contribution in [-0.2, 0) is 0 Å². The van der Waals surface area contributed by atoms with Crippen LogP contribution in [0, 0.1) is 41.5 Å². The van der Waals surface area contributed by atoms with Gasteiger partial charge in [-0.2, -0.15) is 0 Å². The Balaban J connectivity index is 1.59. The summed E-state index contributed by atoms with van der Waals surface area (Å²) in [5, 5.41) is 7.34. The number of carbonyl (C=O) groups is 2. The number of carbonyl (C=O) groups excluding carboxylic acids is 2. The van der Waals surface area contributed by atoms with Crippen molar-refractivity contribution in [1.29, 1.82) is 0 Å². The molecule has 0 atom stereocenters. The van der Waals surface area contributed by atoms with Gasteiger partial charge in [0, 0.05) is 32.5 Å². The Morgan fingerprint density at radius 2 is 0.868 bits per heavy atom. The standard InChI is InChI=1S/C32H30Cl2N2O2/c1-17-15-29(35-31(37)23-7-9-27(33)19(3)11-23)21(5)13-25(17)26-14-22(6)30(16-18(26)2)36-32(38)24-8-10-28(34)20(4)12-24/h7-16H,1-6H3,(H,35,37)(H,36,38). The highest BCUT2D eigenvalue weighted by Crippen LogP contribution is 2.34. The zero-order valence-electron chi connectivity index (χ0n) is 22.3. The first-order chi connectivity index (χ1) is 17.9. The first-order valence-electron chi connectivity index (χ1n) is 12.3. The van der Waals surface area contributed by atoms with Gasteiger partial charge >= 0.3 is 0 Å². The SMILES string of the molecule is Cc1cc(C(=O)Nc2cc(C)c(-c3cc(C)c(NC(=O)c4ccc(Cl)c(C)c4)cc3C)cc2C)ccc1Cl. The normalized spacial score (nSPS) is 10.8. The molecule has 0 aromatic heterocycles. The quantitative estimate of drug-likeness (QED) is 0.263. The monoisotopic (exact) mass is 544 g/mol. The predicted molar refractivity (Wildman–Crippen MR) is 159 cm³/mol. The summed E-state index contributed by atoms with van der Waals surface area (Å²) in [5.41, 5.74) is 10.5. The van der Waals surface area contributed by atoms with Crippen molar-refractivity contribution in [2.24, 2.45) is 0 Å². The lowest BCUT2D eigenvalue weighted by Gasteiger charge is -2.18. The Bertz CT molecular complexity index is 1470. The third kappa shape index (κ3) is 5.77. The van der Waals surface area contributed by atoms with Crippen molar-refractivity contribution in [1.82, 2.24) is 0 Å². The van der Waals surface area contributed by atoms with E-state index in [1.165, 1.54) is 0 Å². The minimum atomic E-state index is -0.178. The molecule has 4 rings (SSSR count). The summed E-state index contributed by atoms with van der Waals surface area (Å²) in [5.74, 6) is -0.356. The van der Waals surface area contributed by atoms with Crippen LogP contribution in [0.5, 0.6) is 0 Å². The molecule has 0 fully saturated rings. The summed E-state index contributed by atoms with van der Waals surface area (Å²) >= 11 is 12.2. The fourth-order valence-electron chi connectivity index (χ4n) is 4.44. The second-order valence-electron chi connectivity index (χ2n) is 9.80. The van der Waals surface area contributed by atoms with Crippen LogP contribution >= 0.6 is 23.2 Å². The summed E-state index contributed by atoms with van der Waals surface area (Å²) in [6, 6.07) is 18.7. The molecule has 0 aliphatic carbocycles. The van der Waals surface area contributed by atoms with Crippen LogP contribution in [0.15, 0.2) is 60.7 Å². The van der Waals surface area contributed by atoms with Crippen LogP contribution in [0.4, 0.5) is 11.4 Å². The Morgan fingerprint density at radius 1 is 0.500 bits per heavy atom. The molecule has 4 nitrogen and oxygen atoms in total. The molecule has 0 bridgehead atoms. The second-order valence-corrected chi connectivity index (χ2v) is 10.6. The Hall–Kier alpha value is -3.60. The van der Waals surface area contributed by atoms with Crippen LogP contribution in [0.25, 0.3) is 11.1 Å². The van der Waals surface area contributed by atoms with E-state index in [0.29, 0.717) is 21.2 Å². The lowest BCUT2D eigenvalue weighted by molar-refractivity contribution is 0.101. The number of hydrogen-bond donors (Lipinski definition) is 2. The highest BCUT2D eigenvalue weighted by Gasteiger charge is 2.15. The molecule has 38 heavy (non-hydrogen) atoms. The van der Waals surface area contributed by atoms with Gasteiger partial charge in [-0.25, -0.2) is 0 Å². The molecule has 0 aliphatic heterocycles. The van der Waals surface area contributed by atoms with E-state index >= 15 is 0 Å². The molecule has 0 radical (unpaired) electrons. The molecule has 0 heterocycles. The molecule has 0 saturated heterocycles. The zero-order chi connectivity index (χ0) is 27.7. The van der Waals surface area contributed by atoms with Gasteiger partial charge in [0.05, 0.1) is 0 Å². The van der Waals surface area contributed by atoms with Gasteiger partial charge in [0.2, 0.25) is 0 Å². The average Bonchev–Trinajstić information content (AvgIpc) is 2.86. The molecule has 4 aromatic rings. The van der Waals surface area contributed by atoms with Crippen LogP contribution in [-0.4, -0.2) is 11.8 Å². The van der Waals surface area contributed by atoms with Gasteiger partial charge in [-0.05, 0) is 147 Å². The molecular formula is C32H30Cl2N2O2. The Morgan fingerprint density at radius 3 is 1.21 bits per heavy atom. The van der Waals surface area contributed by atoms with E-state index in [2.05, 4.69) is 22.8 Å². The van der Waals surface area contributed by atoms with Gasteiger partial charge in [-0.15, -0.1) is 0 Å². The molecular weight excluding hydrogens is 515 g/mol. The van der Waals surface area contributed by atoms with Crippen molar-refractivity contribution in [2.45, 2.75) is 41.5 Å². The van der Waals surface area contributed by atoms with Crippen molar-refractivity contribution in [3.05, 3.63) is 115 Å². The van der Waals surface area contributed by atoms with E-state index < -0.39 is 0 Å². The first kappa shape index (κ1) is 27.4. The third-order valence-corrected chi connectivity index (χ3v) is 7.62. The number of amides is 2. The highest BCUT2D eigenvalue weighted by atomic mass is 35.5. The fourth-order valence-corrected chi connectivity index (χ4v) is 4.68. The number of hydrogen-bond acceptors (Lipinski definition) is 2. The number of halogens is 2. The van der Waals surface area contributed by atoms with Crippen molar-refractivity contribution >= 4 is 46.4 Å². The minimum absolute atomic E-state index is 0.178. The van der Waals surface area contributed by atoms with Crippen molar-refractivity contribution in [3.8, 4) is 11.1 Å². The van der Waals surface area contributed by atoms with E-state index in [1.807, 2.05) is 53.7 Å². The summed E-state index contributed by atoms with van der Waals surface area (Å²) in [6.45, 7) is 11.8. The summed E-state index contributed by atoms with van der Waals surface area (Å²) in [7, 11) is 0. The van der Waals surface area contributed by atoms with Gasteiger partial charge in [0.25, 0.3) is 11.8 Å². The molecule has 6 heteroatoms. The van der Waals surface area contributed by atoms with Crippen LogP contribution in [0.2, 0.25) is 10.0 Å².